The summed E-state index contributed by atoms with van der Waals surface area (Å²) >= 11 is 0. The van der Waals surface area contributed by atoms with E-state index in [1.165, 1.54) is 18.4 Å². The molecule has 1 heterocycles. The van der Waals surface area contributed by atoms with Crippen molar-refractivity contribution in [1.82, 2.24) is 0 Å². The quantitative estimate of drug-likeness (QED) is 0.693. The van der Waals surface area contributed by atoms with Crippen molar-refractivity contribution in [2.45, 2.75) is 32.2 Å². The minimum Gasteiger partial charge on any atom is -0.469 e. The highest BCUT2D eigenvalue weighted by Gasteiger charge is 2.26. The molecule has 2 unspecified atom stereocenters. The van der Waals surface area contributed by atoms with Crippen molar-refractivity contribution in [1.29, 1.82) is 0 Å². The van der Waals surface area contributed by atoms with Crippen molar-refractivity contribution in [2.24, 2.45) is 11.7 Å². The van der Waals surface area contributed by atoms with Crippen LogP contribution in [0.5, 0.6) is 0 Å². The number of hydrogen-bond acceptors (Lipinski definition) is 2. The molecule has 12 heavy (non-hydrogen) atoms. The average molecular weight is 165 g/mol. The van der Waals surface area contributed by atoms with Crippen LogP contribution >= 0.6 is 0 Å². The van der Waals surface area contributed by atoms with Crippen LogP contribution in [0.15, 0.2) is 16.7 Å². The topological polar surface area (TPSA) is 39.2 Å². The zero-order valence-corrected chi connectivity index (χ0v) is 7.42. The van der Waals surface area contributed by atoms with E-state index in [2.05, 4.69) is 6.92 Å². The molecule has 1 aromatic rings. The molecule has 1 aromatic heterocycles. The summed E-state index contributed by atoms with van der Waals surface area (Å²) in [7, 11) is 0. The van der Waals surface area contributed by atoms with Gasteiger partial charge in [-0.15, -0.1) is 0 Å². The molecule has 0 saturated heterocycles. The number of rotatable bonds is 1. The second-order valence-corrected chi connectivity index (χ2v) is 3.53. The Bertz CT molecular complexity index is 267. The van der Waals surface area contributed by atoms with Gasteiger partial charge in [-0.25, -0.2) is 0 Å². The van der Waals surface area contributed by atoms with Crippen LogP contribution in [-0.2, 0) is 6.42 Å². The highest BCUT2D eigenvalue weighted by Crippen LogP contribution is 2.34. The van der Waals surface area contributed by atoms with Crippen LogP contribution in [-0.4, -0.2) is 0 Å². The third kappa shape index (κ3) is 1.07. The van der Waals surface area contributed by atoms with Crippen LogP contribution < -0.4 is 5.73 Å². The smallest absolute Gasteiger partial charge is 0.108 e. The summed E-state index contributed by atoms with van der Waals surface area (Å²) in [6.45, 7) is 2.20. The maximum absolute atomic E-state index is 6.09. The van der Waals surface area contributed by atoms with E-state index in [0.717, 1.165) is 12.2 Å². The van der Waals surface area contributed by atoms with Gasteiger partial charge in [0.05, 0.1) is 6.26 Å². The van der Waals surface area contributed by atoms with E-state index in [4.69, 9.17) is 10.2 Å². The summed E-state index contributed by atoms with van der Waals surface area (Å²) in [5.41, 5.74) is 7.32. The summed E-state index contributed by atoms with van der Waals surface area (Å²) in [6.07, 6.45) is 5.17. The Kier molecular flexibility index (Phi) is 1.93. The van der Waals surface area contributed by atoms with Gasteiger partial charge in [0.2, 0.25) is 0 Å². The van der Waals surface area contributed by atoms with E-state index in [9.17, 15) is 0 Å². The molecule has 0 saturated carbocycles. The number of furan rings is 1. The van der Waals surface area contributed by atoms with Crippen molar-refractivity contribution in [3.8, 4) is 0 Å². The first-order chi connectivity index (χ1) is 5.83. The molecule has 0 aliphatic heterocycles. The molecule has 0 amide bonds. The van der Waals surface area contributed by atoms with Crippen LogP contribution in [0.1, 0.15) is 37.1 Å². The van der Waals surface area contributed by atoms with Crippen LogP contribution in [0.2, 0.25) is 0 Å². The Hall–Kier alpha value is -0.760. The number of fused-ring (bicyclic) bond motifs is 1. The molecule has 2 rings (SSSR count). The monoisotopic (exact) mass is 165 g/mol. The molecule has 66 valence electrons. The first kappa shape index (κ1) is 7.87. The van der Waals surface area contributed by atoms with Gasteiger partial charge in [-0.3, -0.25) is 0 Å². The van der Waals surface area contributed by atoms with E-state index < -0.39 is 0 Å². The van der Waals surface area contributed by atoms with Crippen molar-refractivity contribution >= 4 is 0 Å². The van der Waals surface area contributed by atoms with Crippen LogP contribution in [0.25, 0.3) is 0 Å². The maximum Gasteiger partial charge on any atom is 0.108 e. The number of nitrogens with two attached hydrogens (primary N) is 1. The van der Waals surface area contributed by atoms with Gasteiger partial charge in [0.15, 0.2) is 0 Å². The Balaban J connectivity index is 2.29. The fraction of sp³-hybridized carbons (Fsp3) is 0.600. The van der Waals surface area contributed by atoms with Gasteiger partial charge in [0, 0.05) is 18.0 Å². The molecular weight excluding hydrogens is 150 g/mol. The van der Waals surface area contributed by atoms with E-state index in [0.29, 0.717) is 5.92 Å². The van der Waals surface area contributed by atoms with Crippen molar-refractivity contribution in [2.75, 3.05) is 0 Å². The van der Waals surface area contributed by atoms with E-state index in [1.54, 1.807) is 6.26 Å². The van der Waals surface area contributed by atoms with E-state index in [-0.39, 0.29) is 6.04 Å². The molecule has 0 bridgehead atoms. The first-order valence-electron chi connectivity index (χ1n) is 4.64. The van der Waals surface area contributed by atoms with Gasteiger partial charge in [0.25, 0.3) is 0 Å². The third-order valence-corrected chi connectivity index (χ3v) is 2.91. The zero-order valence-electron chi connectivity index (χ0n) is 7.42. The minimum atomic E-state index is 0.206. The lowest BCUT2D eigenvalue weighted by molar-refractivity contribution is 0.340. The lowest BCUT2D eigenvalue weighted by Gasteiger charge is -2.26. The summed E-state index contributed by atoms with van der Waals surface area (Å²) in [4.78, 5) is 0. The number of hydrogen-bond donors (Lipinski definition) is 1. The molecule has 2 N–H and O–H groups in total. The summed E-state index contributed by atoms with van der Waals surface area (Å²) < 4.78 is 5.34. The molecular formula is C10H15NO. The maximum atomic E-state index is 6.09. The van der Waals surface area contributed by atoms with Gasteiger partial charge < -0.3 is 10.2 Å². The molecule has 0 fully saturated rings. The fourth-order valence-electron chi connectivity index (χ4n) is 2.06. The predicted molar refractivity (Wildman–Crippen MR) is 47.7 cm³/mol. The number of aryl methyl sites for hydroxylation is 1. The van der Waals surface area contributed by atoms with Crippen molar-refractivity contribution < 1.29 is 4.42 Å². The molecule has 2 nitrogen and oxygen atoms in total. The van der Waals surface area contributed by atoms with Crippen molar-refractivity contribution in [3.05, 3.63) is 23.7 Å². The van der Waals surface area contributed by atoms with Crippen LogP contribution in [0.3, 0.4) is 0 Å². The third-order valence-electron chi connectivity index (χ3n) is 2.91. The minimum absolute atomic E-state index is 0.206. The predicted octanol–water partition coefficient (Wildman–Crippen LogP) is 2.25. The molecule has 2 atom stereocenters. The lowest BCUT2D eigenvalue weighted by atomic mass is 9.82. The van der Waals surface area contributed by atoms with Gasteiger partial charge in [0.1, 0.15) is 5.76 Å². The molecule has 0 spiro atoms. The largest absolute Gasteiger partial charge is 0.469 e. The Labute approximate surface area is 72.7 Å². The van der Waals surface area contributed by atoms with Gasteiger partial charge in [-0.2, -0.15) is 0 Å². The van der Waals surface area contributed by atoms with Gasteiger partial charge in [-0.05, 0) is 18.4 Å². The van der Waals surface area contributed by atoms with Gasteiger partial charge in [-0.1, -0.05) is 13.3 Å². The Morgan fingerprint density at radius 1 is 1.67 bits per heavy atom. The first-order valence-corrected chi connectivity index (χ1v) is 4.64. The summed E-state index contributed by atoms with van der Waals surface area (Å²) in [6, 6.07) is 2.22. The van der Waals surface area contributed by atoms with E-state index in [1.807, 2.05) is 6.07 Å². The molecule has 0 aromatic carbocycles. The average Bonchev–Trinajstić information content (AvgIpc) is 2.53. The normalized spacial score (nSPS) is 28.5. The molecule has 0 radical (unpaired) electrons. The Morgan fingerprint density at radius 3 is 3.25 bits per heavy atom. The summed E-state index contributed by atoms with van der Waals surface area (Å²) in [5.74, 6) is 1.75. The molecule has 2 heteroatoms. The lowest BCUT2D eigenvalue weighted by Crippen LogP contribution is -2.25. The van der Waals surface area contributed by atoms with Gasteiger partial charge >= 0.3 is 0 Å². The SMILES string of the molecule is CCC1CCc2occc2C1N. The second-order valence-electron chi connectivity index (χ2n) is 3.53. The second kappa shape index (κ2) is 2.94. The van der Waals surface area contributed by atoms with Crippen LogP contribution in [0.4, 0.5) is 0 Å². The zero-order chi connectivity index (χ0) is 8.55. The molecule has 1 aliphatic rings. The summed E-state index contributed by atoms with van der Waals surface area (Å²) in [5, 5.41) is 0. The standard InChI is InChI=1S/C10H15NO/c1-2-7-3-4-9-8(10(7)11)5-6-12-9/h5-7,10H,2-4,11H2,1H3. The van der Waals surface area contributed by atoms with Crippen LogP contribution in [0, 0.1) is 5.92 Å². The van der Waals surface area contributed by atoms with Crippen molar-refractivity contribution in [3.63, 3.8) is 0 Å². The highest BCUT2D eigenvalue weighted by molar-refractivity contribution is 5.24. The Morgan fingerprint density at radius 2 is 2.50 bits per heavy atom. The van der Waals surface area contributed by atoms with E-state index >= 15 is 0 Å². The fourth-order valence-corrected chi connectivity index (χ4v) is 2.06. The highest BCUT2D eigenvalue weighted by atomic mass is 16.3. The molecule has 1 aliphatic carbocycles.